The van der Waals surface area contributed by atoms with Crippen molar-refractivity contribution in [2.24, 2.45) is 5.92 Å². The molecule has 0 spiro atoms. The van der Waals surface area contributed by atoms with Gasteiger partial charge in [0.2, 0.25) is 5.91 Å². The first-order chi connectivity index (χ1) is 10.8. The van der Waals surface area contributed by atoms with E-state index in [1.807, 2.05) is 6.92 Å². The minimum Gasteiger partial charge on any atom is -0.480 e. The van der Waals surface area contributed by atoms with E-state index >= 15 is 0 Å². The first kappa shape index (κ1) is 18.9. The van der Waals surface area contributed by atoms with Crippen LogP contribution in [0.4, 0.5) is 11.4 Å². The van der Waals surface area contributed by atoms with Crippen molar-refractivity contribution in [3.8, 4) is 0 Å². The second-order valence-corrected chi connectivity index (χ2v) is 5.46. The molecule has 0 saturated carbocycles. The number of nitro benzene ring substituents is 1. The topological polar surface area (TPSA) is 122 Å². The third-order valence-corrected chi connectivity index (χ3v) is 3.71. The van der Waals surface area contributed by atoms with Crippen molar-refractivity contribution in [2.45, 2.75) is 26.3 Å². The van der Waals surface area contributed by atoms with E-state index in [-0.39, 0.29) is 28.9 Å². The molecule has 0 radical (unpaired) electrons. The number of anilines is 1. The lowest BCUT2D eigenvalue weighted by molar-refractivity contribution is -0.384. The van der Waals surface area contributed by atoms with Gasteiger partial charge >= 0.3 is 5.97 Å². The van der Waals surface area contributed by atoms with Gasteiger partial charge in [-0.3, -0.25) is 25.0 Å². The summed E-state index contributed by atoms with van der Waals surface area (Å²) in [7, 11) is 0. The van der Waals surface area contributed by atoms with Crippen molar-refractivity contribution < 1.29 is 19.6 Å². The molecule has 9 heteroatoms. The molecule has 0 aromatic heterocycles. The van der Waals surface area contributed by atoms with E-state index in [2.05, 4.69) is 10.6 Å². The number of nitrogens with zero attached hydrogens (tertiary/aromatic N) is 1. The Morgan fingerprint density at radius 1 is 1.43 bits per heavy atom. The molecule has 1 aromatic carbocycles. The van der Waals surface area contributed by atoms with Crippen LogP contribution in [-0.4, -0.2) is 34.5 Å². The summed E-state index contributed by atoms with van der Waals surface area (Å²) < 4.78 is 0. The Balaban J connectivity index is 2.68. The molecule has 23 heavy (non-hydrogen) atoms. The number of carboxylic acids is 1. The molecule has 0 aliphatic heterocycles. The van der Waals surface area contributed by atoms with E-state index in [4.69, 9.17) is 16.7 Å². The zero-order chi connectivity index (χ0) is 17.6. The van der Waals surface area contributed by atoms with E-state index in [9.17, 15) is 19.7 Å². The number of rotatable bonds is 8. The molecule has 1 aromatic rings. The number of benzene rings is 1. The number of aliphatic carboxylic acids is 1. The third-order valence-electron chi connectivity index (χ3n) is 3.39. The van der Waals surface area contributed by atoms with E-state index in [1.54, 1.807) is 6.92 Å². The summed E-state index contributed by atoms with van der Waals surface area (Å²) in [6.07, 6.45) is 0.648. The molecule has 1 amide bonds. The molecule has 126 valence electrons. The van der Waals surface area contributed by atoms with E-state index < -0.39 is 22.8 Å². The maximum atomic E-state index is 11.8. The Hall–Kier alpha value is -2.19. The summed E-state index contributed by atoms with van der Waals surface area (Å²) in [6.45, 7) is 3.40. The summed E-state index contributed by atoms with van der Waals surface area (Å²) in [6, 6.07) is 3.03. The standard InChI is InChI=1S/C14H18ClN3O5/c1-3-8(2)13(14(20)21)16-7-12(19)17-9-4-5-10(15)11(6-9)18(22)23/h4-6,8,13,16H,3,7H2,1-2H3,(H,17,19)(H,20,21)/t8-,13-/m0/s1. The van der Waals surface area contributed by atoms with Crippen molar-refractivity contribution in [2.75, 3.05) is 11.9 Å². The van der Waals surface area contributed by atoms with Gasteiger partial charge in [0.15, 0.2) is 0 Å². The van der Waals surface area contributed by atoms with E-state index in [1.165, 1.54) is 12.1 Å². The Morgan fingerprint density at radius 3 is 2.61 bits per heavy atom. The van der Waals surface area contributed by atoms with Crippen molar-refractivity contribution in [3.05, 3.63) is 33.3 Å². The largest absolute Gasteiger partial charge is 0.480 e. The average molecular weight is 344 g/mol. The molecule has 3 N–H and O–H groups in total. The molecule has 0 unspecified atom stereocenters. The number of carboxylic acid groups (broad SMARTS) is 1. The zero-order valence-electron chi connectivity index (χ0n) is 12.7. The zero-order valence-corrected chi connectivity index (χ0v) is 13.5. The van der Waals surface area contributed by atoms with Gasteiger partial charge in [-0.25, -0.2) is 0 Å². The summed E-state index contributed by atoms with van der Waals surface area (Å²) in [5.74, 6) is -1.68. The lowest BCUT2D eigenvalue weighted by Crippen LogP contribution is -2.45. The number of carbonyl (C=O) groups is 2. The molecule has 0 aliphatic carbocycles. The van der Waals surface area contributed by atoms with Gasteiger partial charge in [-0.15, -0.1) is 0 Å². The Bertz CT molecular complexity index is 608. The van der Waals surface area contributed by atoms with Gasteiger partial charge in [-0.05, 0) is 18.1 Å². The molecule has 0 heterocycles. The number of amides is 1. The van der Waals surface area contributed by atoms with Crippen LogP contribution in [0.5, 0.6) is 0 Å². The lowest BCUT2D eigenvalue weighted by Gasteiger charge is -2.19. The predicted molar refractivity (Wildman–Crippen MR) is 85.6 cm³/mol. The number of nitrogens with one attached hydrogen (secondary N) is 2. The van der Waals surface area contributed by atoms with Crippen LogP contribution in [0, 0.1) is 16.0 Å². The molecular formula is C14H18ClN3O5. The Morgan fingerprint density at radius 2 is 2.09 bits per heavy atom. The van der Waals surface area contributed by atoms with Gasteiger partial charge in [-0.1, -0.05) is 31.9 Å². The summed E-state index contributed by atoms with van der Waals surface area (Å²) in [5.41, 5.74) is -0.108. The summed E-state index contributed by atoms with van der Waals surface area (Å²) in [4.78, 5) is 33.1. The predicted octanol–water partition coefficient (Wildman–Crippen LogP) is 2.28. The van der Waals surface area contributed by atoms with Crippen LogP contribution >= 0.6 is 11.6 Å². The number of carbonyl (C=O) groups excluding carboxylic acids is 1. The highest BCUT2D eigenvalue weighted by molar-refractivity contribution is 6.32. The van der Waals surface area contributed by atoms with Crippen LogP contribution in [0.25, 0.3) is 0 Å². The van der Waals surface area contributed by atoms with Gasteiger partial charge in [-0.2, -0.15) is 0 Å². The second kappa shape index (κ2) is 8.44. The molecule has 2 atom stereocenters. The number of halogens is 1. The number of nitro groups is 1. The molecule has 0 aliphatic rings. The normalized spacial score (nSPS) is 13.2. The first-order valence-corrected chi connectivity index (χ1v) is 7.34. The van der Waals surface area contributed by atoms with Crippen LogP contribution in [0.3, 0.4) is 0 Å². The van der Waals surface area contributed by atoms with Crippen molar-refractivity contribution in [1.29, 1.82) is 0 Å². The van der Waals surface area contributed by atoms with Crippen LogP contribution < -0.4 is 10.6 Å². The highest BCUT2D eigenvalue weighted by Gasteiger charge is 2.23. The fourth-order valence-electron chi connectivity index (χ4n) is 1.91. The van der Waals surface area contributed by atoms with E-state index in [0.717, 1.165) is 6.07 Å². The molecule has 8 nitrogen and oxygen atoms in total. The molecule has 0 saturated heterocycles. The molecule has 0 fully saturated rings. The third kappa shape index (κ3) is 5.50. The highest BCUT2D eigenvalue weighted by atomic mass is 35.5. The number of hydrogen-bond donors (Lipinski definition) is 3. The fourth-order valence-corrected chi connectivity index (χ4v) is 2.09. The molecular weight excluding hydrogens is 326 g/mol. The van der Waals surface area contributed by atoms with Crippen LogP contribution in [0.15, 0.2) is 18.2 Å². The SMILES string of the molecule is CC[C@H](C)[C@H](NCC(=O)Nc1ccc(Cl)c([N+](=O)[O-])c1)C(=O)O. The van der Waals surface area contributed by atoms with E-state index in [0.29, 0.717) is 6.42 Å². The minimum absolute atomic E-state index is 0.0335. The van der Waals surface area contributed by atoms with Crippen LogP contribution in [0.1, 0.15) is 20.3 Å². The average Bonchev–Trinajstić information content (AvgIpc) is 2.48. The quantitative estimate of drug-likeness (QED) is 0.491. The highest BCUT2D eigenvalue weighted by Crippen LogP contribution is 2.27. The monoisotopic (exact) mass is 343 g/mol. The van der Waals surface area contributed by atoms with Gasteiger partial charge in [0.1, 0.15) is 11.1 Å². The Labute approximate surface area is 138 Å². The molecule has 0 bridgehead atoms. The molecule has 1 rings (SSSR count). The summed E-state index contributed by atoms with van der Waals surface area (Å²) >= 11 is 5.68. The second-order valence-electron chi connectivity index (χ2n) is 5.05. The van der Waals surface area contributed by atoms with Gasteiger partial charge in [0.25, 0.3) is 5.69 Å². The Kier molecular flexibility index (Phi) is 6.92. The maximum Gasteiger partial charge on any atom is 0.320 e. The minimum atomic E-state index is -1.03. The van der Waals surface area contributed by atoms with Crippen molar-refractivity contribution in [1.82, 2.24) is 5.32 Å². The van der Waals surface area contributed by atoms with Gasteiger partial charge < -0.3 is 10.4 Å². The van der Waals surface area contributed by atoms with Crippen molar-refractivity contribution in [3.63, 3.8) is 0 Å². The maximum absolute atomic E-state index is 11.8. The smallest absolute Gasteiger partial charge is 0.320 e. The lowest BCUT2D eigenvalue weighted by atomic mass is 9.99. The first-order valence-electron chi connectivity index (χ1n) is 6.96. The van der Waals surface area contributed by atoms with Gasteiger partial charge in [0.05, 0.1) is 11.5 Å². The van der Waals surface area contributed by atoms with Crippen molar-refractivity contribution >= 4 is 34.9 Å². The number of hydrogen-bond acceptors (Lipinski definition) is 5. The summed E-state index contributed by atoms with van der Waals surface area (Å²) in [5, 5.41) is 25.0. The fraction of sp³-hybridized carbons (Fsp3) is 0.429. The van der Waals surface area contributed by atoms with Crippen LogP contribution in [-0.2, 0) is 9.59 Å². The van der Waals surface area contributed by atoms with Gasteiger partial charge in [0, 0.05) is 11.8 Å². The van der Waals surface area contributed by atoms with Crippen LogP contribution in [0.2, 0.25) is 5.02 Å².